The first-order valence-electron chi connectivity index (χ1n) is 13.5. The molecule has 7 N–H and O–H groups in total. The summed E-state index contributed by atoms with van der Waals surface area (Å²) in [5.41, 5.74) is 6.26. The van der Waals surface area contributed by atoms with E-state index in [4.69, 9.17) is 10.8 Å². The molecule has 0 fully saturated rings. The Labute approximate surface area is 238 Å². The van der Waals surface area contributed by atoms with Crippen LogP contribution in [-0.2, 0) is 30.4 Å². The van der Waals surface area contributed by atoms with E-state index in [0.29, 0.717) is 6.42 Å². The van der Waals surface area contributed by atoms with Crippen LogP contribution < -0.4 is 27.0 Å². The van der Waals surface area contributed by atoms with Crippen LogP contribution in [0.15, 0.2) is 42.5 Å². The molecule has 12 heteroatoms. The Bertz CT molecular complexity index is 1280. The Morgan fingerprint density at radius 2 is 1.54 bits per heavy atom. The number of hydrogen-bond donors (Lipinski definition) is 6. The summed E-state index contributed by atoms with van der Waals surface area (Å²) in [4.78, 5) is 74.2. The molecule has 0 saturated carbocycles. The van der Waals surface area contributed by atoms with Gasteiger partial charge < -0.3 is 32.1 Å². The predicted octanol–water partition coefficient (Wildman–Crippen LogP) is 1.25. The number of nitrogens with two attached hydrogens (primary N) is 1. The lowest BCUT2D eigenvalue weighted by Crippen LogP contribution is -2.56. The molecule has 0 bridgehead atoms. The normalized spacial score (nSPS) is 13.9. The van der Waals surface area contributed by atoms with E-state index in [2.05, 4.69) is 21.3 Å². The summed E-state index contributed by atoms with van der Waals surface area (Å²) in [6, 6.07) is 9.86. The van der Waals surface area contributed by atoms with Gasteiger partial charge in [0.25, 0.3) is 5.91 Å². The highest BCUT2D eigenvalue weighted by atomic mass is 16.4. The first kappa shape index (κ1) is 32.7. The van der Waals surface area contributed by atoms with Gasteiger partial charge in [0.1, 0.15) is 12.1 Å². The number of ketones is 1. The summed E-state index contributed by atoms with van der Waals surface area (Å²) in [6.07, 6.45) is -0.647. The summed E-state index contributed by atoms with van der Waals surface area (Å²) in [5.74, 6) is -4.81. The maximum atomic E-state index is 13.0. The SMILES string of the molecule is CC[C@H](C)C(NC(=O)[C@H](CC(C)C)NC(=O)O)C(=O)C(=O)NCC(=O)N[C@@H](Cc1ccc2ccccc2c1)C(N)=O. The summed E-state index contributed by atoms with van der Waals surface area (Å²) in [7, 11) is 0. The molecule has 12 nitrogen and oxygen atoms in total. The highest BCUT2D eigenvalue weighted by molar-refractivity contribution is 6.38. The number of rotatable bonds is 15. The molecular formula is C29H39N5O7. The standard InChI is InChI=1S/C29H39N5O7/c1-5-17(4)24(34-27(38)22(12-16(2)3)33-29(40)41)25(36)28(39)31-15-23(35)32-21(26(30)37)14-18-10-11-19-8-6-7-9-20(19)13-18/h6-11,13,16-17,21-22,24,33H,5,12,14-15H2,1-4H3,(H2,30,37)(H,31,39)(H,32,35)(H,34,38)(H,40,41)/t17-,21-,22-,24?/m0/s1. The molecule has 0 aromatic heterocycles. The van der Waals surface area contributed by atoms with Crippen LogP contribution in [0.4, 0.5) is 4.79 Å². The van der Waals surface area contributed by atoms with Crippen LogP contribution in [-0.4, -0.2) is 65.3 Å². The molecule has 0 radical (unpaired) electrons. The van der Waals surface area contributed by atoms with Gasteiger partial charge in [-0.2, -0.15) is 0 Å². The number of benzene rings is 2. The van der Waals surface area contributed by atoms with Crippen molar-refractivity contribution in [2.24, 2.45) is 17.6 Å². The average molecular weight is 570 g/mol. The van der Waals surface area contributed by atoms with Crippen molar-refractivity contribution in [2.75, 3.05) is 6.54 Å². The van der Waals surface area contributed by atoms with Gasteiger partial charge in [-0.15, -0.1) is 0 Å². The van der Waals surface area contributed by atoms with E-state index in [0.717, 1.165) is 16.3 Å². The van der Waals surface area contributed by atoms with E-state index in [1.54, 1.807) is 13.8 Å². The highest BCUT2D eigenvalue weighted by Gasteiger charge is 2.33. The molecule has 2 aromatic carbocycles. The molecule has 0 heterocycles. The van der Waals surface area contributed by atoms with Crippen molar-refractivity contribution in [2.45, 2.75) is 65.1 Å². The van der Waals surface area contributed by atoms with Crippen molar-refractivity contribution in [3.05, 3.63) is 48.0 Å². The van der Waals surface area contributed by atoms with Gasteiger partial charge in [-0.3, -0.25) is 24.0 Å². The van der Waals surface area contributed by atoms with Gasteiger partial charge in [0.2, 0.25) is 23.5 Å². The molecule has 0 aliphatic heterocycles. The Hall–Kier alpha value is -4.48. The van der Waals surface area contributed by atoms with Crippen molar-refractivity contribution < 1.29 is 33.9 Å². The number of fused-ring (bicyclic) bond motifs is 1. The quantitative estimate of drug-likeness (QED) is 0.173. The third-order valence-corrected chi connectivity index (χ3v) is 6.68. The predicted molar refractivity (Wildman–Crippen MR) is 153 cm³/mol. The lowest BCUT2D eigenvalue weighted by molar-refractivity contribution is -0.141. The number of Topliss-reactive ketones (excluding diaryl/α,β-unsaturated/α-hetero) is 1. The minimum absolute atomic E-state index is 0.0253. The zero-order valence-electron chi connectivity index (χ0n) is 23.7. The largest absolute Gasteiger partial charge is 0.465 e. The summed E-state index contributed by atoms with van der Waals surface area (Å²) >= 11 is 0. The second-order valence-corrected chi connectivity index (χ2v) is 10.5. The third kappa shape index (κ3) is 10.2. The van der Waals surface area contributed by atoms with Gasteiger partial charge in [0.05, 0.1) is 12.6 Å². The lowest BCUT2D eigenvalue weighted by atomic mass is 9.94. The van der Waals surface area contributed by atoms with E-state index >= 15 is 0 Å². The van der Waals surface area contributed by atoms with Gasteiger partial charge in [-0.1, -0.05) is 76.6 Å². The summed E-state index contributed by atoms with van der Waals surface area (Å²) < 4.78 is 0. The Balaban J connectivity index is 2.02. The molecule has 1 unspecified atom stereocenters. The molecule has 0 aliphatic carbocycles. The van der Waals surface area contributed by atoms with Crippen LogP contribution in [0.1, 0.15) is 46.1 Å². The van der Waals surface area contributed by atoms with E-state index in [9.17, 15) is 28.8 Å². The lowest BCUT2D eigenvalue weighted by Gasteiger charge is -2.26. The molecule has 0 aliphatic rings. The second kappa shape index (κ2) is 15.3. The third-order valence-electron chi connectivity index (χ3n) is 6.68. The fourth-order valence-electron chi connectivity index (χ4n) is 4.27. The Morgan fingerprint density at radius 1 is 0.878 bits per heavy atom. The molecule has 5 amide bonds. The van der Waals surface area contributed by atoms with Gasteiger partial charge in [0.15, 0.2) is 0 Å². The minimum Gasteiger partial charge on any atom is -0.465 e. The number of carbonyl (C=O) groups excluding carboxylic acids is 5. The zero-order valence-corrected chi connectivity index (χ0v) is 23.7. The number of amides is 5. The van der Waals surface area contributed by atoms with E-state index in [1.165, 1.54) is 0 Å². The Kier molecular flexibility index (Phi) is 12.2. The zero-order chi connectivity index (χ0) is 30.7. The van der Waals surface area contributed by atoms with E-state index in [-0.39, 0.29) is 18.8 Å². The monoisotopic (exact) mass is 569 g/mol. The maximum Gasteiger partial charge on any atom is 0.405 e. The molecule has 4 atom stereocenters. The number of nitrogens with one attached hydrogen (secondary N) is 4. The van der Waals surface area contributed by atoms with Crippen LogP contribution in [0.25, 0.3) is 10.8 Å². The maximum absolute atomic E-state index is 13.0. The molecule has 2 aromatic rings. The minimum atomic E-state index is -1.39. The van der Waals surface area contributed by atoms with E-state index in [1.807, 2.05) is 56.3 Å². The van der Waals surface area contributed by atoms with Gasteiger partial charge in [-0.05, 0) is 34.6 Å². The van der Waals surface area contributed by atoms with Crippen molar-refractivity contribution in [3.8, 4) is 0 Å². The van der Waals surface area contributed by atoms with Gasteiger partial charge in [-0.25, -0.2) is 4.79 Å². The van der Waals surface area contributed by atoms with Crippen molar-refractivity contribution in [1.29, 1.82) is 0 Å². The van der Waals surface area contributed by atoms with Crippen LogP contribution in [0, 0.1) is 11.8 Å². The van der Waals surface area contributed by atoms with Crippen LogP contribution >= 0.6 is 0 Å². The van der Waals surface area contributed by atoms with Crippen LogP contribution in [0.5, 0.6) is 0 Å². The van der Waals surface area contributed by atoms with Crippen molar-refractivity contribution >= 4 is 46.3 Å². The van der Waals surface area contributed by atoms with Crippen LogP contribution in [0.3, 0.4) is 0 Å². The molecule has 0 spiro atoms. The first-order chi connectivity index (χ1) is 19.3. The number of primary amides is 1. The summed E-state index contributed by atoms with van der Waals surface area (Å²) in [6.45, 7) is 6.44. The number of hydrogen-bond acceptors (Lipinski definition) is 6. The second-order valence-electron chi connectivity index (χ2n) is 10.5. The molecular weight excluding hydrogens is 530 g/mol. The topological polar surface area (TPSA) is 197 Å². The summed E-state index contributed by atoms with van der Waals surface area (Å²) in [5, 5.41) is 20.4. The van der Waals surface area contributed by atoms with Crippen molar-refractivity contribution in [3.63, 3.8) is 0 Å². The van der Waals surface area contributed by atoms with E-state index < -0.39 is 66.1 Å². The first-order valence-corrected chi connectivity index (χ1v) is 13.5. The fraction of sp³-hybridized carbons (Fsp3) is 0.448. The van der Waals surface area contributed by atoms with Gasteiger partial charge >= 0.3 is 6.09 Å². The fourth-order valence-corrected chi connectivity index (χ4v) is 4.27. The van der Waals surface area contributed by atoms with Crippen LogP contribution in [0.2, 0.25) is 0 Å². The number of carbonyl (C=O) groups is 6. The average Bonchev–Trinajstić information content (AvgIpc) is 2.92. The van der Waals surface area contributed by atoms with Crippen molar-refractivity contribution in [1.82, 2.24) is 21.3 Å². The Morgan fingerprint density at radius 3 is 2.12 bits per heavy atom. The molecule has 0 saturated heterocycles. The molecule has 222 valence electrons. The van der Waals surface area contributed by atoms with Gasteiger partial charge in [0, 0.05) is 6.42 Å². The molecule has 41 heavy (non-hydrogen) atoms. The highest BCUT2D eigenvalue weighted by Crippen LogP contribution is 2.17. The smallest absolute Gasteiger partial charge is 0.405 e. The molecule has 2 rings (SSSR count). The number of carboxylic acid groups (broad SMARTS) is 1.